The van der Waals surface area contributed by atoms with Gasteiger partial charge in [-0.15, -0.1) is 0 Å². The molecule has 1 saturated heterocycles. The summed E-state index contributed by atoms with van der Waals surface area (Å²) in [6.45, 7) is 3.14. The lowest BCUT2D eigenvalue weighted by Crippen LogP contribution is -2.51. The van der Waals surface area contributed by atoms with Gasteiger partial charge in [0.15, 0.2) is 0 Å². The number of nitrogens with zero attached hydrogens (tertiary/aromatic N) is 2. The van der Waals surface area contributed by atoms with Crippen LogP contribution in [0.2, 0.25) is 0 Å². The van der Waals surface area contributed by atoms with Crippen LogP contribution in [0.1, 0.15) is 22.3 Å². The number of benzene rings is 2. The highest BCUT2D eigenvalue weighted by Crippen LogP contribution is 2.18. The van der Waals surface area contributed by atoms with E-state index < -0.39 is 0 Å². The third-order valence-electron chi connectivity index (χ3n) is 5.77. The summed E-state index contributed by atoms with van der Waals surface area (Å²) in [7, 11) is 0. The van der Waals surface area contributed by atoms with Gasteiger partial charge in [-0.3, -0.25) is 14.5 Å². The summed E-state index contributed by atoms with van der Waals surface area (Å²) in [6.07, 6.45) is 10.6. The highest BCUT2D eigenvalue weighted by atomic mass is 127. The fourth-order valence-electron chi connectivity index (χ4n) is 3.93. The van der Waals surface area contributed by atoms with Gasteiger partial charge >= 0.3 is 0 Å². The summed E-state index contributed by atoms with van der Waals surface area (Å²) < 4.78 is 0.937. The van der Waals surface area contributed by atoms with E-state index in [-0.39, 0.29) is 11.8 Å². The quantitative estimate of drug-likeness (QED) is 0.460. The van der Waals surface area contributed by atoms with Gasteiger partial charge in [-0.2, -0.15) is 0 Å². The number of hydrogen-bond donors (Lipinski definition) is 1. The maximum absolute atomic E-state index is 12.5. The molecule has 2 aromatic rings. The summed E-state index contributed by atoms with van der Waals surface area (Å²) >= 11 is 2.18. The van der Waals surface area contributed by atoms with Crippen LogP contribution in [-0.2, 0) is 4.79 Å². The summed E-state index contributed by atoms with van der Waals surface area (Å²) in [4.78, 5) is 29.3. The Bertz CT molecular complexity index is 1050. The number of piperazine rings is 1. The van der Waals surface area contributed by atoms with E-state index in [1.54, 1.807) is 6.08 Å². The molecule has 2 aromatic carbocycles. The average Bonchev–Trinajstić information content (AvgIpc) is 2.84. The van der Waals surface area contributed by atoms with Crippen molar-refractivity contribution in [3.05, 3.63) is 99.3 Å². The molecule has 1 atom stereocenters. The Morgan fingerprint density at radius 2 is 1.69 bits per heavy atom. The van der Waals surface area contributed by atoms with Crippen molar-refractivity contribution >= 4 is 40.5 Å². The minimum absolute atomic E-state index is 0.0631. The fraction of sp³-hybridized carbons (Fsp3) is 0.231. The third-order valence-corrected chi connectivity index (χ3v) is 6.71. The molecule has 164 valence electrons. The number of rotatable bonds is 5. The first kappa shape index (κ1) is 22.5. The van der Waals surface area contributed by atoms with Crippen molar-refractivity contribution in [1.29, 1.82) is 0 Å². The van der Waals surface area contributed by atoms with E-state index in [1.807, 2.05) is 71.6 Å². The molecular weight excluding hydrogens is 513 g/mol. The van der Waals surface area contributed by atoms with Crippen LogP contribution in [0.4, 0.5) is 0 Å². The molecule has 1 heterocycles. The number of allylic oxidation sites excluding steroid dienone is 1. The lowest BCUT2D eigenvalue weighted by molar-refractivity contribution is -0.127. The minimum Gasteiger partial charge on any atom is -0.337 e. The zero-order chi connectivity index (χ0) is 22.3. The SMILES string of the molecule is O=C(NC1=CCC(N2CCN(C(=O)/C=C/c3ccccc3)CC2)C=C1)c1ccccc1I. The maximum atomic E-state index is 12.5. The molecule has 1 aliphatic carbocycles. The van der Waals surface area contributed by atoms with Crippen LogP contribution in [0.3, 0.4) is 0 Å². The van der Waals surface area contributed by atoms with Crippen molar-refractivity contribution in [3.63, 3.8) is 0 Å². The first-order valence-electron chi connectivity index (χ1n) is 10.8. The highest BCUT2D eigenvalue weighted by molar-refractivity contribution is 14.1. The van der Waals surface area contributed by atoms with Crippen molar-refractivity contribution in [2.45, 2.75) is 12.5 Å². The van der Waals surface area contributed by atoms with Gasteiger partial charge in [-0.1, -0.05) is 54.6 Å². The second kappa shape index (κ2) is 10.7. The van der Waals surface area contributed by atoms with Gasteiger partial charge in [0, 0.05) is 47.6 Å². The molecule has 2 aliphatic rings. The van der Waals surface area contributed by atoms with Gasteiger partial charge in [-0.25, -0.2) is 0 Å². The van der Waals surface area contributed by atoms with Crippen molar-refractivity contribution in [3.8, 4) is 0 Å². The Balaban J connectivity index is 1.25. The number of amides is 2. The maximum Gasteiger partial charge on any atom is 0.256 e. The van der Waals surface area contributed by atoms with Crippen LogP contribution in [-0.4, -0.2) is 53.8 Å². The first-order valence-corrected chi connectivity index (χ1v) is 11.9. The predicted molar refractivity (Wildman–Crippen MR) is 136 cm³/mol. The van der Waals surface area contributed by atoms with Crippen LogP contribution in [0.15, 0.2) is 84.6 Å². The molecule has 1 fully saturated rings. The monoisotopic (exact) mass is 539 g/mol. The lowest BCUT2D eigenvalue weighted by Gasteiger charge is -2.38. The Morgan fingerprint density at radius 1 is 0.969 bits per heavy atom. The first-order chi connectivity index (χ1) is 15.6. The van der Waals surface area contributed by atoms with E-state index in [0.717, 1.165) is 47.4 Å². The average molecular weight is 539 g/mol. The molecule has 6 heteroatoms. The molecule has 0 bridgehead atoms. The molecule has 1 N–H and O–H groups in total. The Kier molecular flexibility index (Phi) is 7.55. The predicted octanol–water partition coefficient (Wildman–Crippen LogP) is 4.09. The van der Waals surface area contributed by atoms with Gasteiger partial charge in [0.25, 0.3) is 5.91 Å². The molecule has 0 saturated carbocycles. The van der Waals surface area contributed by atoms with E-state index >= 15 is 0 Å². The molecule has 0 spiro atoms. The number of carbonyl (C=O) groups excluding carboxylic acids is 2. The molecule has 1 unspecified atom stereocenters. The van der Waals surface area contributed by atoms with Gasteiger partial charge in [0.2, 0.25) is 5.91 Å². The van der Waals surface area contributed by atoms with Crippen LogP contribution >= 0.6 is 22.6 Å². The highest BCUT2D eigenvalue weighted by Gasteiger charge is 2.25. The zero-order valence-electron chi connectivity index (χ0n) is 17.8. The number of hydrogen-bond acceptors (Lipinski definition) is 3. The van der Waals surface area contributed by atoms with E-state index in [0.29, 0.717) is 11.6 Å². The van der Waals surface area contributed by atoms with Crippen LogP contribution in [0.5, 0.6) is 0 Å². The fourth-order valence-corrected chi connectivity index (χ4v) is 4.56. The Labute approximate surface area is 202 Å². The van der Waals surface area contributed by atoms with Crippen molar-refractivity contribution < 1.29 is 9.59 Å². The number of halogens is 1. The second-order valence-corrected chi connectivity index (χ2v) is 9.02. The van der Waals surface area contributed by atoms with Crippen LogP contribution in [0.25, 0.3) is 6.08 Å². The van der Waals surface area contributed by atoms with Gasteiger partial charge in [0.1, 0.15) is 0 Å². The van der Waals surface area contributed by atoms with E-state index in [4.69, 9.17) is 0 Å². The summed E-state index contributed by atoms with van der Waals surface area (Å²) in [5.41, 5.74) is 2.56. The topological polar surface area (TPSA) is 52.7 Å². The molecule has 5 nitrogen and oxygen atoms in total. The molecule has 4 rings (SSSR count). The van der Waals surface area contributed by atoms with Crippen molar-refractivity contribution in [1.82, 2.24) is 15.1 Å². The molecule has 32 heavy (non-hydrogen) atoms. The van der Waals surface area contributed by atoms with Crippen LogP contribution < -0.4 is 5.32 Å². The van der Waals surface area contributed by atoms with Crippen molar-refractivity contribution in [2.75, 3.05) is 26.2 Å². The molecule has 2 amide bonds. The number of carbonyl (C=O) groups is 2. The van der Waals surface area contributed by atoms with Gasteiger partial charge < -0.3 is 10.2 Å². The van der Waals surface area contributed by atoms with E-state index in [2.05, 4.69) is 45.0 Å². The molecule has 0 radical (unpaired) electrons. The van der Waals surface area contributed by atoms with Gasteiger partial charge in [0.05, 0.1) is 5.56 Å². The zero-order valence-corrected chi connectivity index (χ0v) is 19.9. The van der Waals surface area contributed by atoms with E-state index in [9.17, 15) is 9.59 Å². The summed E-state index contributed by atoms with van der Waals surface area (Å²) in [6, 6.07) is 17.7. The molecule has 0 aromatic heterocycles. The number of nitrogens with one attached hydrogen (secondary N) is 1. The lowest BCUT2D eigenvalue weighted by atomic mass is 10.0. The summed E-state index contributed by atoms with van der Waals surface area (Å²) in [5, 5.41) is 3.00. The molecular formula is C26H26IN3O2. The largest absolute Gasteiger partial charge is 0.337 e. The summed E-state index contributed by atoms with van der Waals surface area (Å²) in [5.74, 6) is -0.0202. The minimum atomic E-state index is -0.0833. The smallest absolute Gasteiger partial charge is 0.256 e. The third kappa shape index (κ3) is 5.75. The Hall–Kier alpha value is -2.71. The molecule has 1 aliphatic heterocycles. The normalized spacial score (nSPS) is 19.1. The van der Waals surface area contributed by atoms with Gasteiger partial charge in [-0.05, 0) is 58.9 Å². The van der Waals surface area contributed by atoms with E-state index in [1.165, 1.54) is 0 Å². The standard InChI is InChI=1S/C26H26IN3O2/c27-24-9-5-4-8-23(24)26(32)28-21-11-13-22(14-12-21)29-16-18-30(19-17-29)25(31)15-10-20-6-2-1-3-7-20/h1-13,15,22H,14,16-19H2,(H,28,32)/b15-10+. The van der Waals surface area contributed by atoms with Crippen LogP contribution in [0, 0.1) is 3.57 Å². The van der Waals surface area contributed by atoms with Crippen molar-refractivity contribution in [2.24, 2.45) is 0 Å². The Morgan fingerprint density at radius 3 is 2.38 bits per heavy atom. The second-order valence-electron chi connectivity index (χ2n) is 7.86.